The Morgan fingerprint density at radius 1 is 1.25 bits per heavy atom. The van der Waals surface area contributed by atoms with Crippen LogP contribution in [-0.2, 0) is 0 Å². The summed E-state index contributed by atoms with van der Waals surface area (Å²) in [7, 11) is 0. The van der Waals surface area contributed by atoms with Crippen molar-refractivity contribution in [3.63, 3.8) is 0 Å². The molecule has 0 bridgehead atoms. The summed E-state index contributed by atoms with van der Waals surface area (Å²) >= 11 is 0. The van der Waals surface area contributed by atoms with Gasteiger partial charge in [-0.2, -0.15) is 0 Å². The molecule has 0 aromatic carbocycles. The molecule has 0 aliphatic heterocycles. The van der Waals surface area contributed by atoms with Crippen molar-refractivity contribution in [2.75, 3.05) is 13.1 Å². The van der Waals surface area contributed by atoms with E-state index in [9.17, 15) is 0 Å². The highest BCUT2D eigenvalue weighted by molar-refractivity contribution is 5.80. The lowest BCUT2D eigenvalue weighted by Crippen LogP contribution is -2.14. The normalized spacial score (nSPS) is 11.1. The molecule has 90 valence electrons. The number of rotatable bonds is 7. The van der Waals surface area contributed by atoms with E-state index in [4.69, 9.17) is 0 Å². The number of hydrogen-bond donors (Lipinski definition) is 1. The molecule has 0 atom stereocenters. The lowest BCUT2D eigenvalue weighted by atomic mass is 10.1. The maximum Gasteiger partial charge on any atom is 0.0589 e. The van der Waals surface area contributed by atoms with E-state index in [2.05, 4.69) is 36.5 Å². The zero-order chi connectivity index (χ0) is 12.6. The van der Waals surface area contributed by atoms with E-state index < -0.39 is 0 Å². The minimum atomic E-state index is 0.848. The monoisotopic (exact) mass is 220 g/mol. The van der Waals surface area contributed by atoms with Gasteiger partial charge in [-0.25, -0.2) is 0 Å². The van der Waals surface area contributed by atoms with Gasteiger partial charge in [0.05, 0.1) is 5.70 Å². The minimum Gasteiger partial charge on any atom is -0.317 e. The molecule has 0 rings (SSSR count). The Hall–Kier alpha value is -1.15. The highest BCUT2D eigenvalue weighted by Gasteiger charge is 2.01. The van der Waals surface area contributed by atoms with Crippen molar-refractivity contribution in [1.29, 1.82) is 0 Å². The van der Waals surface area contributed by atoms with E-state index in [0.29, 0.717) is 0 Å². The number of aliphatic imine (C=N–C) groups is 1. The van der Waals surface area contributed by atoms with Gasteiger partial charge >= 0.3 is 0 Å². The summed E-state index contributed by atoms with van der Waals surface area (Å²) in [5, 5.41) is 3.30. The van der Waals surface area contributed by atoms with E-state index in [1.807, 2.05) is 20.8 Å². The van der Waals surface area contributed by atoms with Crippen LogP contribution >= 0.6 is 0 Å². The maximum atomic E-state index is 4.39. The molecule has 2 heteroatoms. The van der Waals surface area contributed by atoms with Crippen molar-refractivity contribution in [1.82, 2.24) is 5.32 Å². The Balaban J connectivity index is 4.62. The first-order valence-electron chi connectivity index (χ1n) is 5.75. The second-order valence-electron chi connectivity index (χ2n) is 4.13. The highest BCUT2D eigenvalue weighted by atomic mass is 14.8. The molecule has 0 fully saturated rings. The molecule has 0 radical (unpaired) electrons. The van der Waals surface area contributed by atoms with Crippen LogP contribution < -0.4 is 5.32 Å². The van der Waals surface area contributed by atoms with E-state index >= 15 is 0 Å². The third kappa shape index (κ3) is 7.18. The van der Waals surface area contributed by atoms with E-state index in [1.54, 1.807) is 0 Å². The summed E-state index contributed by atoms with van der Waals surface area (Å²) in [5.74, 6) is 0. The summed E-state index contributed by atoms with van der Waals surface area (Å²) in [6, 6.07) is 0. The van der Waals surface area contributed by atoms with Crippen molar-refractivity contribution in [2.24, 2.45) is 4.99 Å². The van der Waals surface area contributed by atoms with Gasteiger partial charge in [0.15, 0.2) is 0 Å². The Morgan fingerprint density at radius 2 is 1.88 bits per heavy atom. The molecule has 16 heavy (non-hydrogen) atoms. The fourth-order valence-corrected chi connectivity index (χ4v) is 1.34. The lowest BCUT2D eigenvalue weighted by molar-refractivity contribution is 0.714. The first kappa shape index (κ1) is 14.8. The Bertz CT molecular complexity index is 305. The van der Waals surface area contributed by atoms with Crippen molar-refractivity contribution in [2.45, 2.75) is 34.1 Å². The van der Waals surface area contributed by atoms with Crippen LogP contribution in [0.1, 0.15) is 34.1 Å². The van der Waals surface area contributed by atoms with Gasteiger partial charge < -0.3 is 5.32 Å². The van der Waals surface area contributed by atoms with Gasteiger partial charge in [0.25, 0.3) is 0 Å². The molecule has 0 aromatic heterocycles. The molecule has 0 spiro atoms. The summed E-state index contributed by atoms with van der Waals surface area (Å²) in [6.07, 6.45) is 3.00. The largest absolute Gasteiger partial charge is 0.317 e. The minimum absolute atomic E-state index is 0.848. The highest BCUT2D eigenvalue weighted by Crippen LogP contribution is 2.15. The van der Waals surface area contributed by atoms with Gasteiger partial charge in [-0.3, -0.25) is 4.99 Å². The Kier molecular flexibility index (Phi) is 7.48. The molecule has 0 aromatic rings. The van der Waals surface area contributed by atoms with Crippen molar-refractivity contribution >= 4 is 5.71 Å². The van der Waals surface area contributed by atoms with Crippen LogP contribution in [0.25, 0.3) is 0 Å². The number of nitrogens with one attached hydrogen (secondary N) is 1. The lowest BCUT2D eigenvalue weighted by Gasteiger charge is -2.08. The number of allylic oxidation sites excluding steroid dienone is 3. The van der Waals surface area contributed by atoms with E-state index in [1.165, 1.54) is 0 Å². The molecule has 1 N–H and O–H groups in total. The van der Waals surface area contributed by atoms with Gasteiger partial charge in [-0.05, 0) is 45.9 Å². The zero-order valence-corrected chi connectivity index (χ0v) is 11.1. The predicted octanol–water partition coefficient (Wildman–Crippen LogP) is 3.48. The van der Waals surface area contributed by atoms with Crippen molar-refractivity contribution < 1.29 is 0 Å². The van der Waals surface area contributed by atoms with E-state index in [0.717, 1.165) is 42.1 Å². The topological polar surface area (TPSA) is 24.4 Å². The summed E-state index contributed by atoms with van der Waals surface area (Å²) in [6.45, 7) is 17.9. The van der Waals surface area contributed by atoms with Gasteiger partial charge in [0.1, 0.15) is 0 Å². The summed E-state index contributed by atoms with van der Waals surface area (Å²) in [4.78, 5) is 4.39. The van der Waals surface area contributed by atoms with Crippen molar-refractivity contribution in [3.05, 3.63) is 36.1 Å². The average molecular weight is 220 g/mol. The van der Waals surface area contributed by atoms with Crippen LogP contribution in [-0.4, -0.2) is 18.8 Å². The number of nitrogens with zero attached hydrogens (tertiary/aromatic N) is 1. The second kappa shape index (κ2) is 8.05. The Labute approximate surface area is 99.9 Å². The van der Waals surface area contributed by atoms with E-state index in [-0.39, 0.29) is 0 Å². The van der Waals surface area contributed by atoms with Gasteiger partial charge in [-0.1, -0.05) is 31.7 Å². The predicted molar refractivity (Wildman–Crippen MR) is 74.0 cm³/mol. The maximum absolute atomic E-state index is 4.39. The van der Waals surface area contributed by atoms with Gasteiger partial charge in [0.2, 0.25) is 0 Å². The average Bonchev–Trinajstić information content (AvgIpc) is 2.14. The standard InChI is InChI=1S/C14H24N2/c1-7-15-9-8-14(10-11(2)3)13(6)16-12(4)5/h10,15H,2,6-9H2,1,3-5H3/b14-10-. The van der Waals surface area contributed by atoms with Gasteiger partial charge in [0, 0.05) is 5.71 Å². The molecule has 0 unspecified atom stereocenters. The summed E-state index contributed by atoms with van der Waals surface area (Å²) < 4.78 is 0. The smallest absolute Gasteiger partial charge is 0.0589 e. The van der Waals surface area contributed by atoms with Crippen LogP contribution in [0.5, 0.6) is 0 Å². The van der Waals surface area contributed by atoms with Gasteiger partial charge in [-0.15, -0.1) is 0 Å². The van der Waals surface area contributed by atoms with Crippen LogP contribution in [0.2, 0.25) is 0 Å². The molecular weight excluding hydrogens is 196 g/mol. The van der Waals surface area contributed by atoms with Crippen molar-refractivity contribution in [3.8, 4) is 0 Å². The molecular formula is C14H24N2. The fraction of sp³-hybridized carbons (Fsp3) is 0.500. The van der Waals surface area contributed by atoms with Crippen LogP contribution in [0, 0.1) is 0 Å². The van der Waals surface area contributed by atoms with Crippen LogP contribution in [0.3, 0.4) is 0 Å². The molecule has 0 saturated heterocycles. The molecule has 0 saturated carbocycles. The molecule has 2 nitrogen and oxygen atoms in total. The SMILES string of the molecule is C=C(C)/C=C(/CCNCC)C(=C)N=C(C)C. The first-order valence-corrected chi connectivity index (χ1v) is 5.75. The fourth-order valence-electron chi connectivity index (χ4n) is 1.34. The number of hydrogen-bond acceptors (Lipinski definition) is 2. The van der Waals surface area contributed by atoms with Crippen LogP contribution in [0.4, 0.5) is 0 Å². The molecule has 0 aliphatic rings. The molecule has 0 heterocycles. The second-order valence-corrected chi connectivity index (χ2v) is 4.13. The third-order valence-electron chi connectivity index (χ3n) is 1.97. The zero-order valence-electron chi connectivity index (χ0n) is 11.1. The Morgan fingerprint density at radius 3 is 2.31 bits per heavy atom. The molecule has 0 amide bonds. The summed E-state index contributed by atoms with van der Waals surface area (Å²) in [5.41, 5.74) is 4.08. The first-order chi connectivity index (χ1) is 7.47. The quantitative estimate of drug-likeness (QED) is 0.396. The molecule has 0 aliphatic carbocycles. The van der Waals surface area contributed by atoms with Crippen LogP contribution in [0.15, 0.2) is 41.1 Å². The third-order valence-corrected chi connectivity index (χ3v) is 1.97.